The smallest absolute Gasteiger partial charge is 0.227 e. The third-order valence-electron chi connectivity index (χ3n) is 9.08. The predicted molar refractivity (Wildman–Crippen MR) is 158 cm³/mol. The van der Waals surface area contributed by atoms with Gasteiger partial charge < -0.3 is 19.7 Å². The molecule has 0 amide bonds. The number of rotatable bonds is 9. The van der Waals surface area contributed by atoms with Crippen molar-refractivity contribution in [1.29, 1.82) is 0 Å². The molecule has 0 spiro atoms. The van der Waals surface area contributed by atoms with Crippen molar-refractivity contribution in [3.63, 3.8) is 0 Å². The van der Waals surface area contributed by atoms with Crippen molar-refractivity contribution < 1.29 is 13.9 Å². The van der Waals surface area contributed by atoms with Crippen LogP contribution in [0.5, 0.6) is 5.75 Å². The summed E-state index contributed by atoms with van der Waals surface area (Å²) < 4.78 is 26.5. The van der Waals surface area contributed by atoms with Crippen molar-refractivity contribution in [2.45, 2.75) is 57.3 Å². The molecule has 1 aromatic heterocycles. The van der Waals surface area contributed by atoms with Crippen LogP contribution in [0.25, 0.3) is 10.9 Å². The second kappa shape index (κ2) is 12.7. The van der Waals surface area contributed by atoms with Gasteiger partial charge in [-0.05, 0) is 87.2 Å². The molecule has 0 unspecified atom stereocenters. The zero-order valence-electron chi connectivity index (χ0n) is 23.7. The van der Waals surface area contributed by atoms with E-state index < -0.39 is 0 Å². The van der Waals surface area contributed by atoms with E-state index in [9.17, 15) is 0 Å². The van der Waals surface area contributed by atoms with Gasteiger partial charge in [-0.1, -0.05) is 12.8 Å². The van der Waals surface area contributed by atoms with E-state index >= 15 is 4.39 Å². The van der Waals surface area contributed by atoms with E-state index in [1.54, 1.807) is 13.2 Å². The van der Waals surface area contributed by atoms with Crippen LogP contribution >= 0.6 is 0 Å². The number of aromatic nitrogens is 2. The third kappa shape index (κ3) is 6.18. The van der Waals surface area contributed by atoms with E-state index in [1.165, 1.54) is 37.8 Å². The van der Waals surface area contributed by atoms with Crippen LogP contribution in [0.4, 0.5) is 21.7 Å². The van der Waals surface area contributed by atoms with E-state index in [0.717, 1.165) is 87.6 Å². The lowest BCUT2D eigenvalue weighted by Gasteiger charge is -2.34. The highest BCUT2D eigenvalue weighted by Gasteiger charge is 2.25. The highest BCUT2D eigenvalue weighted by molar-refractivity contribution is 5.85. The van der Waals surface area contributed by atoms with E-state index in [-0.39, 0.29) is 5.82 Å². The Labute approximate surface area is 237 Å². The second-order valence-electron chi connectivity index (χ2n) is 11.6. The van der Waals surface area contributed by atoms with Crippen LogP contribution in [0.1, 0.15) is 62.8 Å². The molecular formula is C32H42FN5O2. The fraction of sp³-hybridized carbons (Fsp3) is 0.562. The van der Waals surface area contributed by atoms with Crippen molar-refractivity contribution in [3.8, 4) is 5.75 Å². The Hall–Kier alpha value is -2.97. The lowest BCUT2D eigenvalue weighted by Crippen LogP contribution is -2.37. The number of ether oxygens (including phenoxy) is 2. The van der Waals surface area contributed by atoms with Crippen LogP contribution in [0.2, 0.25) is 0 Å². The summed E-state index contributed by atoms with van der Waals surface area (Å²) in [6.07, 6.45) is 11.4. The number of nitrogens with one attached hydrogen (secondary N) is 1. The molecular weight excluding hydrogens is 505 g/mol. The first-order valence-electron chi connectivity index (χ1n) is 15.1. The van der Waals surface area contributed by atoms with Gasteiger partial charge in [0.15, 0.2) is 0 Å². The number of morpholine rings is 1. The van der Waals surface area contributed by atoms with Crippen molar-refractivity contribution in [2.24, 2.45) is 5.92 Å². The molecule has 3 fully saturated rings. The standard InChI is InChI=1S/C32H42FN5O2/c1-39-29-11-8-25-22-34-32(36-31(25)30(29)24-6-2-3-7-24)35-26-9-10-28(27(33)21-26)38-15-12-23(13-16-38)5-4-14-37-17-19-40-20-18-37/h8-11,21-24H,2-7,12-20H2,1H3,(H,34,35,36). The van der Waals surface area contributed by atoms with Crippen LogP contribution < -0.4 is 15.0 Å². The predicted octanol–water partition coefficient (Wildman–Crippen LogP) is 6.51. The quantitative estimate of drug-likeness (QED) is 0.328. The highest BCUT2D eigenvalue weighted by atomic mass is 19.1. The summed E-state index contributed by atoms with van der Waals surface area (Å²) in [6.45, 7) is 6.84. The number of nitrogens with zero attached hydrogens (tertiary/aromatic N) is 4. The fourth-order valence-corrected chi connectivity index (χ4v) is 6.81. The molecule has 2 saturated heterocycles. The van der Waals surface area contributed by atoms with Gasteiger partial charge >= 0.3 is 0 Å². The highest BCUT2D eigenvalue weighted by Crippen LogP contribution is 2.42. The summed E-state index contributed by atoms with van der Waals surface area (Å²) in [5.74, 6) is 2.35. The number of piperidine rings is 1. The molecule has 40 heavy (non-hydrogen) atoms. The number of fused-ring (bicyclic) bond motifs is 1. The number of hydrogen-bond donors (Lipinski definition) is 1. The normalized spacial score (nSPS) is 19.4. The first kappa shape index (κ1) is 27.2. The molecule has 214 valence electrons. The summed E-state index contributed by atoms with van der Waals surface area (Å²) in [4.78, 5) is 14.1. The third-order valence-corrected chi connectivity index (χ3v) is 9.08. The lowest BCUT2D eigenvalue weighted by molar-refractivity contribution is 0.0365. The largest absolute Gasteiger partial charge is 0.496 e. The molecule has 8 heteroatoms. The summed E-state index contributed by atoms with van der Waals surface area (Å²) in [5, 5.41) is 4.25. The van der Waals surface area contributed by atoms with E-state index in [4.69, 9.17) is 14.5 Å². The fourth-order valence-electron chi connectivity index (χ4n) is 6.81. The maximum absolute atomic E-state index is 15.3. The molecule has 3 heterocycles. The Morgan fingerprint density at radius 1 is 1.02 bits per heavy atom. The zero-order chi connectivity index (χ0) is 27.3. The van der Waals surface area contributed by atoms with Gasteiger partial charge in [0.1, 0.15) is 11.6 Å². The Bertz CT molecular complexity index is 1280. The average molecular weight is 548 g/mol. The molecule has 3 aromatic rings. The monoisotopic (exact) mass is 547 g/mol. The molecule has 1 N–H and O–H groups in total. The van der Waals surface area contributed by atoms with Gasteiger partial charge in [-0.2, -0.15) is 0 Å². The van der Waals surface area contributed by atoms with E-state index in [2.05, 4.69) is 20.1 Å². The molecule has 1 saturated carbocycles. The Morgan fingerprint density at radius 2 is 1.82 bits per heavy atom. The molecule has 2 aromatic carbocycles. The SMILES string of the molecule is COc1ccc2cnc(Nc3ccc(N4CCC(CCCN5CCOCC5)CC4)c(F)c3)nc2c1C1CCCC1. The van der Waals surface area contributed by atoms with Crippen LogP contribution in [0.3, 0.4) is 0 Å². The molecule has 1 aliphatic carbocycles. The molecule has 0 atom stereocenters. The zero-order valence-corrected chi connectivity index (χ0v) is 23.7. The van der Waals surface area contributed by atoms with Gasteiger partial charge in [-0.3, -0.25) is 4.90 Å². The maximum atomic E-state index is 15.3. The Morgan fingerprint density at radius 3 is 2.58 bits per heavy atom. The Kier molecular flexibility index (Phi) is 8.63. The molecule has 2 aliphatic heterocycles. The maximum Gasteiger partial charge on any atom is 0.227 e. The van der Waals surface area contributed by atoms with Crippen LogP contribution in [-0.4, -0.2) is 67.9 Å². The molecule has 6 rings (SSSR count). The van der Waals surface area contributed by atoms with Gasteiger partial charge in [-0.25, -0.2) is 14.4 Å². The van der Waals surface area contributed by atoms with Crippen molar-refractivity contribution >= 4 is 28.2 Å². The van der Waals surface area contributed by atoms with Gasteiger partial charge in [-0.15, -0.1) is 0 Å². The minimum Gasteiger partial charge on any atom is -0.496 e. The summed E-state index contributed by atoms with van der Waals surface area (Å²) in [5.41, 5.74) is 3.44. The average Bonchev–Trinajstić information content (AvgIpc) is 3.52. The topological polar surface area (TPSA) is 62.8 Å². The van der Waals surface area contributed by atoms with Crippen LogP contribution in [-0.2, 0) is 4.74 Å². The second-order valence-corrected chi connectivity index (χ2v) is 11.6. The van der Waals surface area contributed by atoms with Gasteiger partial charge in [0.25, 0.3) is 0 Å². The van der Waals surface area contributed by atoms with Crippen molar-refractivity contribution in [1.82, 2.24) is 14.9 Å². The van der Waals surface area contributed by atoms with Gasteiger partial charge in [0.2, 0.25) is 5.95 Å². The molecule has 0 bridgehead atoms. The molecule has 3 aliphatic rings. The summed E-state index contributed by atoms with van der Waals surface area (Å²) >= 11 is 0. The first-order valence-corrected chi connectivity index (χ1v) is 15.1. The summed E-state index contributed by atoms with van der Waals surface area (Å²) in [6, 6.07) is 9.43. The lowest BCUT2D eigenvalue weighted by atomic mass is 9.91. The number of halogens is 1. The number of hydrogen-bond acceptors (Lipinski definition) is 7. The number of anilines is 3. The van der Waals surface area contributed by atoms with E-state index in [0.29, 0.717) is 23.2 Å². The molecule has 7 nitrogen and oxygen atoms in total. The minimum atomic E-state index is -0.204. The first-order chi connectivity index (χ1) is 19.7. The van der Waals surface area contributed by atoms with Crippen LogP contribution in [0.15, 0.2) is 36.5 Å². The van der Waals surface area contributed by atoms with Gasteiger partial charge in [0, 0.05) is 49.0 Å². The van der Waals surface area contributed by atoms with Gasteiger partial charge in [0.05, 0.1) is 31.5 Å². The number of methoxy groups -OCH3 is 1. The molecule has 0 radical (unpaired) electrons. The number of benzene rings is 2. The Balaban J connectivity index is 1.08. The minimum absolute atomic E-state index is 0.204. The van der Waals surface area contributed by atoms with Crippen molar-refractivity contribution in [2.75, 3.05) is 63.3 Å². The van der Waals surface area contributed by atoms with Crippen molar-refractivity contribution in [3.05, 3.63) is 47.9 Å². The van der Waals surface area contributed by atoms with E-state index in [1.807, 2.05) is 30.5 Å². The van der Waals surface area contributed by atoms with Crippen LogP contribution in [0, 0.1) is 11.7 Å². The summed E-state index contributed by atoms with van der Waals surface area (Å²) in [7, 11) is 1.72.